The van der Waals surface area contributed by atoms with E-state index in [0.29, 0.717) is 0 Å². The molecule has 0 bridgehead atoms. The number of hydrogen-bond acceptors (Lipinski definition) is 3. The van der Waals surface area contributed by atoms with Crippen LogP contribution in [-0.4, -0.2) is 0 Å². The SMILES string of the molecule is c1ccc(-c2cccc(N(c3ccc(-c4ccc5oc6c(-c7ccccc7)cccc6c5c4)cc3)c3cccc4sc5ccccc5c34)c2)cc1. The number of furan rings is 1. The summed E-state index contributed by atoms with van der Waals surface area (Å²) in [5.41, 5.74) is 12.2. The molecule has 0 aliphatic heterocycles. The molecule has 0 saturated carbocycles. The number of hydrogen-bond donors (Lipinski definition) is 0. The average molecular weight is 670 g/mol. The van der Waals surface area contributed by atoms with Crippen LogP contribution in [0.25, 0.3) is 75.5 Å². The van der Waals surface area contributed by atoms with Crippen LogP contribution in [0.1, 0.15) is 0 Å². The number of rotatable bonds is 6. The highest BCUT2D eigenvalue weighted by atomic mass is 32.1. The summed E-state index contributed by atoms with van der Waals surface area (Å²) in [5, 5.41) is 4.81. The van der Waals surface area contributed by atoms with Gasteiger partial charge in [-0.3, -0.25) is 0 Å². The molecular formula is C48H31NOS. The van der Waals surface area contributed by atoms with E-state index in [1.165, 1.54) is 37.0 Å². The monoisotopic (exact) mass is 669 g/mol. The highest BCUT2D eigenvalue weighted by Gasteiger charge is 2.19. The third-order valence-electron chi connectivity index (χ3n) is 9.87. The molecule has 0 fully saturated rings. The maximum absolute atomic E-state index is 6.47. The Morgan fingerprint density at radius 3 is 1.86 bits per heavy atom. The predicted octanol–water partition coefficient (Wildman–Crippen LogP) is 14.4. The van der Waals surface area contributed by atoms with Gasteiger partial charge in [-0.2, -0.15) is 0 Å². The largest absolute Gasteiger partial charge is 0.455 e. The maximum atomic E-state index is 6.47. The summed E-state index contributed by atoms with van der Waals surface area (Å²) in [5.74, 6) is 0. The van der Waals surface area contributed by atoms with Crippen molar-refractivity contribution in [3.05, 3.63) is 188 Å². The minimum absolute atomic E-state index is 0.898. The van der Waals surface area contributed by atoms with E-state index in [9.17, 15) is 0 Å². The summed E-state index contributed by atoms with van der Waals surface area (Å²) >= 11 is 1.85. The highest BCUT2D eigenvalue weighted by molar-refractivity contribution is 7.26. The summed E-state index contributed by atoms with van der Waals surface area (Å²) in [4.78, 5) is 2.41. The Morgan fingerprint density at radius 2 is 1.02 bits per heavy atom. The second kappa shape index (κ2) is 12.2. The first-order valence-corrected chi connectivity index (χ1v) is 18.1. The quantitative estimate of drug-likeness (QED) is 0.175. The second-order valence-electron chi connectivity index (χ2n) is 12.9. The fraction of sp³-hybridized carbons (Fsp3) is 0. The van der Waals surface area contributed by atoms with E-state index in [2.05, 4.69) is 187 Å². The predicted molar refractivity (Wildman–Crippen MR) is 218 cm³/mol. The Bertz CT molecular complexity index is 2850. The van der Waals surface area contributed by atoms with E-state index < -0.39 is 0 Å². The smallest absolute Gasteiger partial charge is 0.143 e. The lowest BCUT2D eigenvalue weighted by Crippen LogP contribution is -2.10. The van der Waals surface area contributed by atoms with Crippen molar-refractivity contribution in [1.29, 1.82) is 0 Å². The molecule has 0 aliphatic carbocycles. The van der Waals surface area contributed by atoms with Gasteiger partial charge in [0.2, 0.25) is 0 Å². The lowest BCUT2D eigenvalue weighted by atomic mass is 9.99. The van der Waals surface area contributed by atoms with Crippen molar-refractivity contribution >= 4 is 70.5 Å². The Balaban J connectivity index is 1.10. The minimum Gasteiger partial charge on any atom is -0.455 e. The van der Waals surface area contributed by atoms with Crippen molar-refractivity contribution in [2.75, 3.05) is 4.90 Å². The van der Waals surface area contributed by atoms with E-state index in [0.717, 1.165) is 55.6 Å². The van der Waals surface area contributed by atoms with Crippen LogP contribution in [0.4, 0.5) is 17.1 Å². The summed E-state index contributed by atoms with van der Waals surface area (Å²) in [6.45, 7) is 0. The van der Waals surface area contributed by atoms with Gasteiger partial charge in [-0.1, -0.05) is 133 Å². The van der Waals surface area contributed by atoms with Gasteiger partial charge >= 0.3 is 0 Å². The molecule has 0 atom stereocenters. The molecule has 2 aromatic heterocycles. The molecule has 0 unspecified atom stereocenters. The van der Waals surface area contributed by atoms with Gasteiger partial charge in [-0.25, -0.2) is 0 Å². The van der Waals surface area contributed by atoms with Crippen LogP contribution in [-0.2, 0) is 0 Å². The molecule has 10 rings (SSSR count). The van der Waals surface area contributed by atoms with Crippen LogP contribution in [0.5, 0.6) is 0 Å². The number of fused-ring (bicyclic) bond motifs is 6. The molecule has 3 heteroatoms. The molecular weight excluding hydrogens is 639 g/mol. The number of thiophene rings is 1. The first-order chi connectivity index (χ1) is 25.3. The van der Waals surface area contributed by atoms with Crippen molar-refractivity contribution in [1.82, 2.24) is 0 Å². The second-order valence-corrected chi connectivity index (χ2v) is 14.0. The average Bonchev–Trinajstić information content (AvgIpc) is 3.78. The van der Waals surface area contributed by atoms with Crippen LogP contribution in [0.3, 0.4) is 0 Å². The molecule has 2 heterocycles. The Morgan fingerprint density at radius 1 is 0.392 bits per heavy atom. The van der Waals surface area contributed by atoms with Crippen LogP contribution in [0.2, 0.25) is 0 Å². The summed E-state index contributed by atoms with van der Waals surface area (Å²) in [6, 6.07) is 67.3. The van der Waals surface area contributed by atoms with Gasteiger partial charge in [0.05, 0.1) is 5.69 Å². The Labute approximate surface area is 300 Å². The van der Waals surface area contributed by atoms with E-state index in [4.69, 9.17) is 4.42 Å². The summed E-state index contributed by atoms with van der Waals surface area (Å²) < 4.78 is 9.05. The standard InChI is InChI=1S/C48H31NOS/c1-3-12-32(13-4-1)35-16-9-17-38(30-35)49(43-21-11-23-46-47(43)41-18-7-8-22-45(41)51-46)37-27-24-33(25-28-37)36-26-29-44-42(31-36)40-20-10-19-39(48(40)50-44)34-14-5-2-6-15-34/h1-31H. The van der Waals surface area contributed by atoms with Crippen molar-refractivity contribution in [3.63, 3.8) is 0 Å². The van der Waals surface area contributed by atoms with Crippen molar-refractivity contribution in [2.24, 2.45) is 0 Å². The van der Waals surface area contributed by atoms with E-state index in [-0.39, 0.29) is 0 Å². The van der Waals surface area contributed by atoms with Crippen LogP contribution >= 0.6 is 11.3 Å². The first-order valence-electron chi connectivity index (χ1n) is 17.3. The fourth-order valence-electron chi connectivity index (χ4n) is 7.45. The van der Waals surface area contributed by atoms with E-state index in [1.54, 1.807) is 0 Å². The van der Waals surface area contributed by atoms with Crippen LogP contribution in [0, 0.1) is 0 Å². The minimum atomic E-state index is 0.898. The van der Waals surface area contributed by atoms with Crippen LogP contribution < -0.4 is 4.90 Å². The molecule has 0 amide bonds. The van der Waals surface area contributed by atoms with Gasteiger partial charge in [0, 0.05) is 47.9 Å². The molecule has 240 valence electrons. The van der Waals surface area contributed by atoms with Gasteiger partial charge in [-0.05, 0) is 82.4 Å². The van der Waals surface area contributed by atoms with Gasteiger partial charge in [0.1, 0.15) is 11.2 Å². The number of nitrogens with zero attached hydrogens (tertiary/aromatic N) is 1. The molecule has 0 spiro atoms. The topological polar surface area (TPSA) is 16.4 Å². The molecule has 51 heavy (non-hydrogen) atoms. The zero-order valence-corrected chi connectivity index (χ0v) is 28.5. The molecule has 10 aromatic rings. The first kappa shape index (κ1) is 29.5. The third kappa shape index (κ3) is 5.10. The van der Waals surface area contributed by atoms with Gasteiger partial charge < -0.3 is 9.32 Å². The molecule has 0 aliphatic rings. The molecule has 8 aromatic carbocycles. The molecule has 0 saturated heterocycles. The van der Waals surface area contributed by atoms with Crippen molar-refractivity contribution in [2.45, 2.75) is 0 Å². The summed E-state index contributed by atoms with van der Waals surface area (Å²) in [6.07, 6.45) is 0. The van der Waals surface area contributed by atoms with E-state index >= 15 is 0 Å². The normalized spacial score (nSPS) is 11.5. The molecule has 0 N–H and O–H groups in total. The molecule has 2 nitrogen and oxygen atoms in total. The third-order valence-corrected chi connectivity index (χ3v) is 11.0. The Hall–Kier alpha value is -6.42. The Kier molecular flexibility index (Phi) is 7.04. The number of anilines is 3. The van der Waals surface area contributed by atoms with Crippen LogP contribution in [0.15, 0.2) is 192 Å². The van der Waals surface area contributed by atoms with E-state index in [1.807, 2.05) is 17.4 Å². The van der Waals surface area contributed by atoms with Gasteiger partial charge in [-0.15, -0.1) is 11.3 Å². The lowest BCUT2D eigenvalue weighted by molar-refractivity contribution is 0.670. The maximum Gasteiger partial charge on any atom is 0.143 e. The number of para-hydroxylation sites is 1. The zero-order valence-electron chi connectivity index (χ0n) is 27.7. The van der Waals surface area contributed by atoms with Crippen molar-refractivity contribution < 1.29 is 4.42 Å². The fourth-order valence-corrected chi connectivity index (χ4v) is 8.58. The lowest BCUT2D eigenvalue weighted by Gasteiger charge is -2.27. The number of benzene rings is 8. The highest BCUT2D eigenvalue weighted by Crippen LogP contribution is 2.46. The van der Waals surface area contributed by atoms with Crippen molar-refractivity contribution in [3.8, 4) is 33.4 Å². The summed E-state index contributed by atoms with van der Waals surface area (Å²) in [7, 11) is 0. The molecule has 0 radical (unpaired) electrons. The van der Waals surface area contributed by atoms with Gasteiger partial charge in [0.25, 0.3) is 0 Å². The zero-order chi connectivity index (χ0) is 33.7. The van der Waals surface area contributed by atoms with Gasteiger partial charge in [0.15, 0.2) is 0 Å².